The predicted molar refractivity (Wildman–Crippen MR) is 92.6 cm³/mol. The lowest BCUT2D eigenvalue weighted by atomic mass is 10.2. The molecule has 0 saturated carbocycles. The van der Waals surface area contributed by atoms with E-state index in [0.717, 1.165) is 13.4 Å². The minimum Gasteiger partial charge on any atom is -0.478 e. The van der Waals surface area contributed by atoms with Crippen molar-refractivity contribution in [2.45, 2.75) is 16.7 Å². The van der Waals surface area contributed by atoms with Crippen LogP contribution >= 0.6 is 34.4 Å². The lowest BCUT2D eigenvalue weighted by Gasteiger charge is -2.09. The lowest BCUT2D eigenvalue weighted by Crippen LogP contribution is -2.06. The third-order valence-corrected chi connectivity index (χ3v) is 4.52. The Bertz CT molecular complexity index is 698. The van der Waals surface area contributed by atoms with Gasteiger partial charge in [-0.2, -0.15) is 0 Å². The van der Waals surface area contributed by atoms with Gasteiger partial charge in [0.25, 0.3) is 0 Å². The number of hydrogen-bond donors (Lipinski definition) is 1. The van der Waals surface area contributed by atoms with E-state index in [0.29, 0.717) is 12.2 Å². The largest absolute Gasteiger partial charge is 0.478 e. The molecular weight excluding hydrogens is 415 g/mol. The maximum atomic E-state index is 12.0. The molecule has 0 bridgehead atoms. The van der Waals surface area contributed by atoms with Gasteiger partial charge < -0.3 is 9.84 Å². The number of carboxylic acids is 1. The first-order chi connectivity index (χ1) is 10.5. The average molecular weight is 428 g/mol. The Labute approximate surface area is 146 Å². The lowest BCUT2D eigenvalue weighted by molar-refractivity contribution is 0.0521. The molecule has 22 heavy (non-hydrogen) atoms. The van der Waals surface area contributed by atoms with E-state index in [2.05, 4.69) is 22.6 Å². The Morgan fingerprint density at radius 3 is 2.45 bits per heavy atom. The van der Waals surface area contributed by atoms with Gasteiger partial charge in [-0.1, -0.05) is 11.8 Å². The van der Waals surface area contributed by atoms with Crippen molar-refractivity contribution in [2.75, 3.05) is 6.61 Å². The fourth-order valence-electron chi connectivity index (χ4n) is 1.75. The summed E-state index contributed by atoms with van der Waals surface area (Å²) in [5.74, 6) is -1.32. The van der Waals surface area contributed by atoms with E-state index < -0.39 is 5.97 Å². The third-order valence-electron chi connectivity index (χ3n) is 2.77. The van der Waals surface area contributed by atoms with Crippen LogP contribution in [0.2, 0.25) is 0 Å². The minimum atomic E-state index is -0.960. The van der Waals surface area contributed by atoms with Gasteiger partial charge in [0.2, 0.25) is 0 Å². The molecule has 1 N–H and O–H groups in total. The summed E-state index contributed by atoms with van der Waals surface area (Å²) in [5.41, 5.74) is 0.749. The maximum Gasteiger partial charge on any atom is 0.339 e. The van der Waals surface area contributed by atoms with Crippen molar-refractivity contribution in [1.82, 2.24) is 0 Å². The van der Waals surface area contributed by atoms with E-state index in [1.807, 2.05) is 12.1 Å². The van der Waals surface area contributed by atoms with Crippen LogP contribution in [0, 0.1) is 3.57 Å². The highest BCUT2D eigenvalue weighted by molar-refractivity contribution is 14.1. The van der Waals surface area contributed by atoms with Crippen molar-refractivity contribution in [1.29, 1.82) is 0 Å². The number of ether oxygens (including phenoxy) is 1. The molecule has 0 aliphatic carbocycles. The highest BCUT2D eigenvalue weighted by atomic mass is 127. The zero-order valence-electron chi connectivity index (χ0n) is 11.7. The molecule has 0 aliphatic rings. The van der Waals surface area contributed by atoms with Crippen molar-refractivity contribution in [3.8, 4) is 0 Å². The first kappa shape index (κ1) is 16.8. The van der Waals surface area contributed by atoms with Gasteiger partial charge in [-0.25, -0.2) is 9.59 Å². The molecule has 0 spiro atoms. The highest BCUT2D eigenvalue weighted by Crippen LogP contribution is 2.32. The van der Waals surface area contributed by atoms with Crippen LogP contribution in [-0.2, 0) is 4.74 Å². The molecule has 4 nitrogen and oxygen atoms in total. The Hall–Kier alpha value is -1.54. The number of aromatic carboxylic acids is 1. The summed E-state index contributed by atoms with van der Waals surface area (Å²) in [6.45, 7) is 2.09. The number of esters is 1. The molecule has 2 aromatic rings. The summed E-state index contributed by atoms with van der Waals surface area (Å²) < 4.78 is 6.03. The van der Waals surface area contributed by atoms with Gasteiger partial charge in [-0.05, 0) is 72.0 Å². The Kier molecular flexibility index (Phi) is 5.84. The Morgan fingerprint density at radius 2 is 1.86 bits per heavy atom. The van der Waals surface area contributed by atoms with Crippen LogP contribution in [0.1, 0.15) is 27.6 Å². The van der Waals surface area contributed by atoms with E-state index in [4.69, 9.17) is 9.84 Å². The minimum absolute atomic E-state index is 0.234. The van der Waals surface area contributed by atoms with Crippen LogP contribution in [0.4, 0.5) is 0 Å². The molecule has 0 unspecified atom stereocenters. The summed E-state index contributed by atoms with van der Waals surface area (Å²) in [4.78, 5) is 24.5. The molecule has 0 amide bonds. The second-order valence-electron chi connectivity index (χ2n) is 4.29. The van der Waals surface area contributed by atoms with Crippen molar-refractivity contribution < 1.29 is 19.4 Å². The van der Waals surface area contributed by atoms with E-state index in [9.17, 15) is 9.59 Å². The second-order valence-corrected chi connectivity index (χ2v) is 6.65. The summed E-state index contributed by atoms with van der Waals surface area (Å²) in [5, 5.41) is 8.90. The standard InChI is InChI=1S/C16H13IO4S/c1-2-21-16(20)13-9-11(17)5-8-14(13)22-12-6-3-10(4-7-12)15(18)19/h3-9H,2H2,1H3,(H,18,19). The maximum absolute atomic E-state index is 12.0. The van der Waals surface area contributed by atoms with Gasteiger partial charge in [0, 0.05) is 13.4 Å². The van der Waals surface area contributed by atoms with Gasteiger partial charge in [0.15, 0.2) is 0 Å². The fourth-order valence-corrected chi connectivity index (χ4v) is 3.16. The van der Waals surface area contributed by atoms with Crippen molar-refractivity contribution in [3.05, 3.63) is 57.2 Å². The molecular formula is C16H13IO4S. The van der Waals surface area contributed by atoms with Crippen molar-refractivity contribution >= 4 is 46.3 Å². The molecule has 2 rings (SSSR count). The molecule has 6 heteroatoms. The van der Waals surface area contributed by atoms with E-state index in [1.165, 1.54) is 11.8 Å². The summed E-state index contributed by atoms with van der Waals surface area (Å²) in [7, 11) is 0. The quantitative estimate of drug-likeness (QED) is 0.568. The molecule has 114 valence electrons. The van der Waals surface area contributed by atoms with Gasteiger partial charge in [-0.3, -0.25) is 0 Å². The number of rotatable bonds is 5. The zero-order chi connectivity index (χ0) is 16.1. The van der Waals surface area contributed by atoms with Crippen LogP contribution in [0.25, 0.3) is 0 Å². The van der Waals surface area contributed by atoms with Crippen molar-refractivity contribution in [2.24, 2.45) is 0 Å². The number of benzene rings is 2. The molecule has 0 aliphatic heterocycles. The normalized spacial score (nSPS) is 10.3. The number of hydrogen-bond acceptors (Lipinski definition) is 4. The van der Waals surface area contributed by atoms with Gasteiger partial charge in [-0.15, -0.1) is 0 Å². The summed E-state index contributed by atoms with van der Waals surface area (Å²) in [6.07, 6.45) is 0. The van der Waals surface area contributed by atoms with Crippen molar-refractivity contribution in [3.63, 3.8) is 0 Å². The molecule has 0 saturated heterocycles. The molecule has 0 aromatic heterocycles. The number of halogens is 1. The zero-order valence-corrected chi connectivity index (χ0v) is 14.7. The van der Waals surface area contributed by atoms with Gasteiger partial charge >= 0.3 is 11.9 Å². The topological polar surface area (TPSA) is 63.6 Å². The SMILES string of the molecule is CCOC(=O)c1cc(I)ccc1Sc1ccc(C(=O)O)cc1. The van der Waals surface area contributed by atoms with Crippen LogP contribution in [0.3, 0.4) is 0 Å². The van der Waals surface area contributed by atoms with Gasteiger partial charge in [0.1, 0.15) is 0 Å². The van der Waals surface area contributed by atoms with Gasteiger partial charge in [0.05, 0.1) is 17.7 Å². The third kappa shape index (κ3) is 4.23. The average Bonchev–Trinajstić information content (AvgIpc) is 2.50. The fraction of sp³-hybridized carbons (Fsp3) is 0.125. The van der Waals surface area contributed by atoms with Crippen LogP contribution in [0.15, 0.2) is 52.3 Å². The molecule has 0 radical (unpaired) electrons. The van der Waals surface area contributed by atoms with Crippen LogP contribution in [-0.4, -0.2) is 23.7 Å². The summed E-state index contributed by atoms with van der Waals surface area (Å²) >= 11 is 3.54. The molecule has 0 heterocycles. The molecule has 0 atom stereocenters. The molecule has 0 fully saturated rings. The number of carbonyl (C=O) groups excluding carboxylic acids is 1. The van der Waals surface area contributed by atoms with E-state index in [-0.39, 0.29) is 11.5 Å². The first-order valence-corrected chi connectivity index (χ1v) is 8.38. The summed E-state index contributed by atoms with van der Waals surface area (Å²) in [6, 6.07) is 12.1. The number of carbonyl (C=O) groups is 2. The van der Waals surface area contributed by atoms with Crippen LogP contribution < -0.4 is 0 Å². The predicted octanol–water partition coefficient (Wildman–Crippen LogP) is 4.32. The highest BCUT2D eigenvalue weighted by Gasteiger charge is 2.14. The Balaban J connectivity index is 2.28. The molecule has 2 aromatic carbocycles. The smallest absolute Gasteiger partial charge is 0.339 e. The first-order valence-electron chi connectivity index (χ1n) is 6.49. The van der Waals surface area contributed by atoms with E-state index in [1.54, 1.807) is 37.3 Å². The number of carboxylic acid groups (broad SMARTS) is 1. The van der Waals surface area contributed by atoms with Crippen LogP contribution in [0.5, 0.6) is 0 Å². The Morgan fingerprint density at radius 1 is 1.18 bits per heavy atom. The second kappa shape index (κ2) is 7.64. The monoisotopic (exact) mass is 428 g/mol. The van der Waals surface area contributed by atoms with E-state index >= 15 is 0 Å².